The number of carbonyl (C=O) groups is 1. The number of hydrogen-bond acceptors (Lipinski definition) is 5. The van der Waals surface area contributed by atoms with Crippen LogP contribution in [0.2, 0.25) is 0 Å². The van der Waals surface area contributed by atoms with Gasteiger partial charge in [-0.05, 0) is 85.7 Å². The number of para-hydroxylation sites is 1. The van der Waals surface area contributed by atoms with Crippen molar-refractivity contribution in [1.29, 1.82) is 0 Å². The van der Waals surface area contributed by atoms with Crippen molar-refractivity contribution in [3.63, 3.8) is 0 Å². The minimum absolute atomic E-state index is 0.113. The average molecular weight is 536 g/mol. The molecule has 202 valence electrons. The number of benzene rings is 3. The number of nitrogens with one attached hydrogen (secondary N) is 2. The first-order chi connectivity index (χ1) is 19.4. The summed E-state index contributed by atoms with van der Waals surface area (Å²) in [5, 5.41) is 14.6. The zero-order valence-corrected chi connectivity index (χ0v) is 22.2. The highest BCUT2D eigenvalue weighted by molar-refractivity contribution is 5.96. The maximum absolute atomic E-state index is 14.3. The van der Waals surface area contributed by atoms with Crippen LogP contribution in [0.25, 0.3) is 22.3 Å². The van der Waals surface area contributed by atoms with Crippen LogP contribution in [-0.4, -0.2) is 39.1 Å². The molecule has 1 fully saturated rings. The molecule has 0 saturated carbocycles. The molecule has 1 aliphatic heterocycles. The minimum atomic E-state index is -0.820. The van der Waals surface area contributed by atoms with Crippen LogP contribution in [0.4, 0.5) is 10.1 Å². The average Bonchev–Trinajstić information content (AvgIpc) is 3.41. The summed E-state index contributed by atoms with van der Waals surface area (Å²) in [7, 11) is 0. The number of phenols is 1. The van der Waals surface area contributed by atoms with E-state index in [0.29, 0.717) is 17.1 Å². The van der Waals surface area contributed by atoms with Gasteiger partial charge in [0, 0.05) is 41.0 Å². The molecule has 3 heterocycles. The fourth-order valence-corrected chi connectivity index (χ4v) is 5.37. The Hall–Kier alpha value is -4.72. The van der Waals surface area contributed by atoms with Gasteiger partial charge in [-0.15, -0.1) is 0 Å². The van der Waals surface area contributed by atoms with Crippen molar-refractivity contribution in [3.8, 4) is 17.1 Å². The van der Waals surface area contributed by atoms with Gasteiger partial charge in [-0.1, -0.05) is 18.2 Å². The topological polar surface area (TPSA) is 94.1 Å². The van der Waals surface area contributed by atoms with Gasteiger partial charge in [0.15, 0.2) is 5.82 Å². The summed E-state index contributed by atoms with van der Waals surface area (Å²) in [6.45, 7) is 3.93. The molecule has 6 rings (SSSR count). The van der Waals surface area contributed by atoms with E-state index >= 15 is 0 Å². The van der Waals surface area contributed by atoms with Crippen molar-refractivity contribution in [1.82, 2.24) is 20.3 Å². The number of aromatic amines is 1. The zero-order valence-electron chi connectivity index (χ0n) is 22.2. The molecular weight excluding hydrogens is 505 g/mol. The molecular formula is C32H30FN5O2. The molecule has 1 atom stereocenters. The van der Waals surface area contributed by atoms with Crippen LogP contribution in [0.5, 0.6) is 5.75 Å². The molecule has 1 unspecified atom stereocenters. The van der Waals surface area contributed by atoms with Gasteiger partial charge in [-0.25, -0.2) is 14.4 Å². The monoisotopic (exact) mass is 535 g/mol. The SMILES string of the molecule is Cc1cc(C(=O)NC(c2cc3ccccc3[nH]2)c2cc(F)ccc2O)cc(-c2ncc(N3CCCCC3)cn2)c1. The van der Waals surface area contributed by atoms with Crippen molar-refractivity contribution in [2.24, 2.45) is 0 Å². The van der Waals surface area contributed by atoms with Crippen LogP contribution < -0.4 is 10.2 Å². The van der Waals surface area contributed by atoms with E-state index in [4.69, 9.17) is 0 Å². The van der Waals surface area contributed by atoms with Crippen molar-refractivity contribution in [2.75, 3.05) is 18.0 Å². The van der Waals surface area contributed by atoms with Crippen LogP contribution in [0.1, 0.15) is 52.5 Å². The van der Waals surface area contributed by atoms with E-state index in [1.54, 1.807) is 12.1 Å². The van der Waals surface area contributed by atoms with Gasteiger partial charge in [0.1, 0.15) is 11.6 Å². The molecule has 8 heteroatoms. The number of fused-ring (bicyclic) bond motifs is 1. The van der Waals surface area contributed by atoms with E-state index < -0.39 is 11.9 Å². The molecule has 2 aromatic heterocycles. The molecule has 5 aromatic rings. The van der Waals surface area contributed by atoms with Crippen molar-refractivity contribution in [3.05, 3.63) is 107 Å². The number of hydrogen-bond donors (Lipinski definition) is 3. The van der Waals surface area contributed by atoms with Gasteiger partial charge in [-0.3, -0.25) is 4.79 Å². The number of aryl methyl sites for hydroxylation is 1. The molecule has 3 N–H and O–H groups in total. The molecule has 0 aliphatic carbocycles. The first-order valence-electron chi connectivity index (χ1n) is 13.5. The number of aromatic hydroxyl groups is 1. The predicted octanol–water partition coefficient (Wildman–Crippen LogP) is 6.29. The molecule has 0 spiro atoms. The Morgan fingerprint density at radius 2 is 1.77 bits per heavy atom. The van der Waals surface area contributed by atoms with Crippen molar-refractivity contribution >= 4 is 22.5 Å². The summed E-state index contributed by atoms with van der Waals surface area (Å²) in [6, 6.07) is 18.0. The Morgan fingerprint density at radius 1 is 1.00 bits per heavy atom. The number of carbonyl (C=O) groups excluding carboxylic acids is 1. The summed E-state index contributed by atoms with van der Waals surface area (Å²) in [5.74, 6) is -0.459. The second-order valence-electron chi connectivity index (χ2n) is 10.3. The van der Waals surface area contributed by atoms with Gasteiger partial charge >= 0.3 is 0 Å². The summed E-state index contributed by atoms with van der Waals surface area (Å²) < 4.78 is 14.3. The molecule has 1 amide bonds. The molecule has 40 heavy (non-hydrogen) atoms. The highest BCUT2D eigenvalue weighted by atomic mass is 19.1. The Labute approximate surface area is 231 Å². The highest BCUT2D eigenvalue weighted by Gasteiger charge is 2.24. The molecule has 1 aliphatic rings. The lowest BCUT2D eigenvalue weighted by Crippen LogP contribution is -2.30. The van der Waals surface area contributed by atoms with Crippen LogP contribution in [0.3, 0.4) is 0 Å². The van der Waals surface area contributed by atoms with E-state index in [0.717, 1.165) is 40.8 Å². The maximum atomic E-state index is 14.3. The molecule has 0 bridgehead atoms. The van der Waals surface area contributed by atoms with Gasteiger partial charge in [0.2, 0.25) is 0 Å². The van der Waals surface area contributed by atoms with Crippen LogP contribution >= 0.6 is 0 Å². The van der Waals surface area contributed by atoms with E-state index in [1.165, 1.54) is 37.5 Å². The van der Waals surface area contributed by atoms with E-state index in [9.17, 15) is 14.3 Å². The lowest BCUT2D eigenvalue weighted by molar-refractivity contribution is 0.0942. The predicted molar refractivity (Wildman–Crippen MR) is 154 cm³/mol. The van der Waals surface area contributed by atoms with Crippen LogP contribution in [-0.2, 0) is 0 Å². The summed E-state index contributed by atoms with van der Waals surface area (Å²) in [5.41, 5.74) is 4.77. The fraction of sp³-hybridized carbons (Fsp3) is 0.219. The number of H-pyrrole nitrogens is 1. The van der Waals surface area contributed by atoms with Gasteiger partial charge in [0.05, 0.1) is 24.1 Å². The lowest BCUT2D eigenvalue weighted by atomic mass is 10.0. The number of piperidine rings is 1. The minimum Gasteiger partial charge on any atom is -0.508 e. The van der Waals surface area contributed by atoms with E-state index in [2.05, 4.69) is 25.2 Å². The molecule has 1 saturated heterocycles. The van der Waals surface area contributed by atoms with Crippen LogP contribution in [0, 0.1) is 12.7 Å². The van der Waals surface area contributed by atoms with Gasteiger partial charge in [-0.2, -0.15) is 0 Å². The zero-order chi connectivity index (χ0) is 27.6. The van der Waals surface area contributed by atoms with Gasteiger partial charge in [0.25, 0.3) is 5.91 Å². The van der Waals surface area contributed by atoms with Crippen molar-refractivity contribution in [2.45, 2.75) is 32.2 Å². The number of anilines is 1. The lowest BCUT2D eigenvalue weighted by Gasteiger charge is -2.28. The van der Waals surface area contributed by atoms with Gasteiger partial charge < -0.3 is 20.3 Å². The summed E-state index contributed by atoms with van der Waals surface area (Å²) in [4.78, 5) is 28.5. The summed E-state index contributed by atoms with van der Waals surface area (Å²) >= 11 is 0. The number of rotatable bonds is 6. The third kappa shape index (κ3) is 5.25. The second kappa shape index (κ2) is 10.8. The number of phenolic OH excluding ortho intramolecular Hbond substituents is 1. The normalized spacial score (nSPS) is 14.3. The van der Waals surface area contributed by atoms with E-state index in [-0.39, 0.29) is 17.2 Å². The fourth-order valence-electron chi connectivity index (χ4n) is 5.37. The smallest absolute Gasteiger partial charge is 0.252 e. The molecule has 3 aromatic carbocycles. The van der Waals surface area contributed by atoms with Crippen molar-refractivity contribution < 1.29 is 14.3 Å². The first kappa shape index (κ1) is 25.6. The number of aromatic nitrogens is 3. The number of halogens is 1. The second-order valence-corrected chi connectivity index (χ2v) is 10.3. The Balaban J connectivity index is 1.32. The van der Waals surface area contributed by atoms with E-state index in [1.807, 2.05) is 55.7 Å². The van der Waals surface area contributed by atoms with Crippen LogP contribution in [0.15, 0.2) is 79.1 Å². The standard InChI is InChI=1S/C32H30FN5O2/c1-20-13-22(31-34-18-25(19-35-31)38-11-5-2-6-12-38)15-23(14-20)32(40)37-30(26-17-24(33)9-10-29(26)39)28-16-21-7-3-4-8-27(21)36-28/h3-4,7-10,13-19,30,36,39H,2,5-6,11-12H2,1H3,(H,37,40). The highest BCUT2D eigenvalue weighted by Crippen LogP contribution is 2.32. The Bertz CT molecular complexity index is 1640. The quantitative estimate of drug-likeness (QED) is 0.238. The number of nitrogens with zero attached hydrogens (tertiary/aromatic N) is 3. The number of amides is 1. The largest absolute Gasteiger partial charge is 0.508 e. The molecule has 0 radical (unpaired) electrons. The third-order valence-electron chi connectivity index (χ3n) is 7.39. The Morgan fingerprint density at radius 3 is 2.55 bits per heavy atom. The molecule has 7 nitrogen and oxygen atoms in total. The first-order valence-corrected chi connectivity index (χ1v) is 13.5. The Kier molecular flexibility index (Phi) is 6.90. The third-order valence-corrected chi connectivity index (χ3v) is 7.39. The summed E-state index contributed by atoms with van der Waals surface area (Å²) in [6.07, 6.45) is 7.28. The maximum Gasteiger partial charge on any atom is 0.252 e.